The van der Waals surface area contributed by atoms with E-state index in [1.54, 1.807) is 48.5 Å². The van der Waals surface area contributed by atoms with Crippen LogP contribution in [-0.4, -0.2) is 26.7 Å². The van der Waals surface area contributed by atoms with Gasteiger partial charge in [0.15, 0.2) is 9.84 Å². The molecular formula is C19H19BrN2O4S. The average molecular weight is 451 g/mol. The van der Waals surface area contributed by atoms with E-state index in [4.69, 9.17) is 10.00 Å². The van der Waals surface area contributed by atoms with Gasteiger partial charge in [-0.05, 0) is 36.2 Å². The highest BCUT2D eigenvalue weighted by atomic mass is 79.9. The number of amides is 1. The van der Waals surface area contributed by atoms with Gasteiger partial charge in [0.25, 0.3) is 0 Å². The van der Waals surface area contributed by atoms with Crippen molar-refractivity contribution in [3.05, 3.63) is 58.6 Å². The number of nitriles is 1. The van der Waals surface area contributed by atoms with Gasteiger partial charge >= 0.3 is 0 Å². The Labute approximate surface area is 167 Å². The van der Waals surface area contributed by atoms with E-state index < -0.39 is 21.5 Å². The maximum Gasteiger partial charge on any atom is 0.239 e. The van der Waals surface area contributed by atoms with Gasteiger partial charge in [-0.25, -0.2) is 8.42 Å². The molecule has 0 heterocycles. The highest BCUT2D eigenvalue weighted by Gasteiger charge is 2.17. The number of ether oxygens (including phenoxy) is 1. The maximum absolute atomic E-state index is 12.2. The van der Waals surface area contributed by atoms with Crippen molar-refractivity contribution in [2.24, 2.45) is 0 Å². The van der Waals surface area contributed by atoms with Gasteiger partial charge in [-0.3, -0.25) is 4.79 Å². The summed E-state index contributed by atoms with van der Waals surface area (Å²) < 4.78 is 30.8. The molecular weight excluding hydrogens is 432 g/mol. The first kappa shape index (κ1) is 20.9. The van der Waals surface area contributed by atoms with Crippen molar-refractivity contribution in [3.63, 3.8) is 0 Å². The molecule has 0 atom stereocenters. The van der Waals surface area contributed by atoms with Crippen LogP contribution in [0.25, 0.3) is 0 Å². The minimum atomic E-state index is -3.59. The smallest absolute Gasteiger partial charge is 0.239 e. The molecule has 0 fully saturated rings. The van der Waals surface area contributed by atoms with Crippen molar-refractivity contribution in [2.45, 2.75) is 18.6 Å². The summed E-state index contributed by atoms with van der Waals surface area (Å²) in [5.74, 6) is -0.858. The van der Waals surface area contributed by atoms with Crippen LogP contribution in [0.4, 0.5) is 5.69 Å². The summed E-state index contributed by atoms with van der Waals surface area (Å²) >= 11 is 3.29. The standard InChI is InChI=1S/C19H19BrN2O4S/c20-16-8-6-15(7-9-16)13-27(24,25)14-19(23)22-17-4-3-5-18(12-17)26-11-2-1-10-21/h3-9,12H,1-2,11,13-14H2,(H,22,23). The van der Waals surface area contributed by atoms with Crippen molar-refractivity contribution in [1.29, 1.82) is 5.26 Å². The van der Waals surface area contributed by atoms with Gasteiger partial charge in [0.2, 0.25) is 5.91 Å². The molecule has 0 aliphatic carbocycles. The first-order valence-corrected chi connectivity index (χ1v) is 10.8. The topological polar surface area (TPSA) is 96.3 Å². The van der Waals surface area contributed by atoms with Crippen LogP contribution >= 0.6 is 15.9 Å². The third-order valence-corrected chi connectivity index (χ3v) is 5.47. The molecule has 1 amide bonds. The van der Waals surface area contributed by atoms with E-state index in [2.05, 4.69) is 21.2 Å². The number of benzene rings is 2. The number of nitrogens with zero attached hydrogens (tertiary/aromatic N) is 1. The van der Waals surface area contributed by atoms with Crippen LogP contribution in [0, 0.1) is 11.3 Å². The van der Waals surface area contributed by atoms with E-state index in [0.717, 1.165) is 4.47 Å². The van der Waals surface area contributed by atoms with Crippen molar-refractivity contribution in [2.75, 3.05) is 17.7 Å². The number of halogens is 1. The Balaban J connectivity index is 1.90. The first-order chi connectivity index (χ1) is 12.9. The number of unbranched alkanes of at least 4 members (excludes halogenated alkanes) is 1. The molecule has 2 aromatic rings. The Hall–Kier alpha value is -2.37. The van der Waals surface area contributed by atoms with Gasteiger partial charge in [0, 0.05) is 22.6 Å². The molecule has 2 aromatic carbocycles. The van der Waals surface area contributed by atoms with E-state index in [1.165, 1.54) is 0 Å². The molecule has 0 bridgehead atoms. The van der Waals surface area contributed by atoms with Crippen LogP contribution in [0.2, 0.25) is 0 Å². The zero-order valence-electron chi connectivity index (χ0n) is 14.5. The lowest BCUT2D eigenvalue weighted by Crippen LogP contribution is -2.24. The van der Waals surface area contributed by atoms with Crippen LogP contribution < -0.4 is 10.1 Å². The van der Waals surface area contributed by atoms with E-state index in [9.17, 15) is 13.2 Å². The average Bonchev–Trinajstić information content (AvgIpc) is 2.60. The van der Waals surface area contributed by atoms with Gasteiger partial charge in [-0.1, -0.05) is 34.1 Å². The quantitative estimate of drug-likeness (QED) is 0.587. The summed E-state index contributed by atoms with van der Waals surface area (Å²) in [7, 11) is -3.59. The monoisotopic (exact) mass is 450 g/mol. The number of nitrogens with one attached hydrogen (secondary N) is 1. The number of carbonyl (C=O) groups is 1. The number of hydrogen-bond donors (Lipinski definition) is 1. The molecule has 0 saturated heterocycles. The van der Waals surface area contributed by atoms with Crippen LogP contribution in [-0.2, 0) is 20.4 Å². The third kappa shape index (κ3) is 7.81. The largest absolute Gasteiger partial charge is 0.493 e. The van der Waals surface area contributed by atoms with Crippen molar-refractivity contribution in [1.82, 2.24) is 0 Å². The minimum absolute atomic E-state index is 0.199. The molecule has 0 radical (unpaired) electrons. The number of anilines is 1. The van der Waals surface area contributed by atoms with E-state index >= 15 is 0 Å². The molecule has 0 saturated carbocycles. The van der Waals surface area contributed by atoms with E-state index in [1.807, 2.05) is 6.07 Å². The highest BCUT2D eigenvalue weighted by molar-refractivity contribution is 9.10. The minimum Gasteiger partial charge on any atom is -0.493 e. The first-order valence-electron chi connectivity index (χ1n) is 8.22. The fraction of sp³-hybridized carbons (Fsp3) is 0.263. The normalized spacial score (nSPS) is 10.8. The lowest BCUT2D eigenvalue weighted by atomic mass is 10.2. The number of sulfone groups is 1. The van der Waals surface area contributed by atoms with E-state index in [0.29, 0.717) is 36.4 Å². The number of carbonyl (C=O) groups excluding carboxylic acids is 1. The summed E-state index contributed by atoms with van der Waals surface area (Å²) in [6.45, 7) is 0.395. The molecule has 0 spiro atoms. The van der Waals surface area contributed by atoms with Gasteiger partial charge in [0.05, 0.1) is 18.4 Å². The SMILES string of the molecule is N#CCCCOc1cccc(NC(=O)CS(=O)(=O)Cc2ccc(Br)cc2)c1. The Morgan fingerprint density at radius 2 is 1.93 bits per heavy atom. The lowest BCUT2D eigenvalue weighted by molar-refractivity contribution is -0.113. The molecule has 0 aromatic heterocycles. The predicted molar refractivity (Wildman–Crippen MR) is 107 cm³/mol. The molecule has 0 unspecified atom stereocenters. The number of rotatable bonds is 9. The Bertz CT molecular complexity index is 921. The molecule has 8 heteroatoms. The summed E-state index contributed by atoms with van der Waals surface area (Å²) in [5.41, 5.74) is 1.08. The molecule has 0 aliphatic heterocycles. The second kappa shape index (κ2) is 10.1. The van der Waals surface area contributed by atoms with Crippen LogP contribution in [0.5, 0.6) is 5.75 Å². The predicted octanol–water partition coefficient (Wildman–Crippen LogP) is 3.69. The molecule has 142 valence electrons. The Kier molecular flexibility index (Phi) is 7.82. The van der Waals surface area contributed by atoms with Gasteiger partial charge < -0.3 is 10.1 Å². The second-order valence-corrected chi connectivity index (χ2v) is 8.83. The molecule has 0 aliphatic rings. The van der Waals surface area contributed by atoms with Gasteiger partial charge in [-0.15, -0.1) is 0 Å². The van der Waals surface area contributed by atoms with Gasteiger partial charge in [-0.2, -0.15) is 5.26 Å². The molecule has 2 rings (SSSR count). The van der Waals surface area contributed by atoms with Crippen LogP contribution in [0.1, 0.15) is 18.4 Å². The molecule has 6 nitrogen and oxygen atoms in total. The summed E-state index contributed by atoms with van der Waals surface area (Å²) in [6, 6.07) is 15.7. The zero-order chi connectivity index (χ0) is 19.7. The zero-order valence-corrected chi connectivity index (χ0v) is 16.9. The Morgan fingerprint density at radius 3 is 2.63 bits per heavy atom. The summed E-state index contributed by atoms with van der Waals surface area (Å²) in [4.78, 5) is 12.1. The highest BCUT2D eigenvalue weighted by Crippen LogP contribution is 2.18. The fourth-order valence-electron chi connectivity index (χ4n) is 2.29. The molecule has 27 heavy (non-hydrogen) atoms. The van der Waals surface area contributed by atoms with Crippen LogP contribution in [0.3, 0.4) is 0 Å². The Morgan fingerprint density at radius 1 is 1.19 bits per heavy atom. The summed E-state index contributed by atoms with van der Waals surface area (Å²) in [5, 5.41) is 11.1. The molecule has 1 N–H and O–H groups in total. The maximum atomic E-state index is 12.2. The van der Waals surface area contributed by atoms with Gasteiger partial charge in [0.1, 0.15) is 11.5 Å². The van der Waals surface area contributed by atoms with Crippen molar-refractivity contribution in [3.8, 4) is 11.8 Å². The number of hydrogen-bond acceptors (Lipinski definition) is 5. The second-order valence-electron chi connectivity index (χ2n) is 5.84. The summed E-state index contributed by atoms with van der Waals surface area (Å²) in [6.07, 6.45) is 1.02. The van der Waals surface area contributed by atoms with Crippen molar-refractivity contribution < 1.29 is 17.9 Å². The lowest BCUT2D eigenvalue weighted by Gasteiger charge is -2.09. The third-order valence-electron chi connectivity index (χ3n) is 3.47. The van der Waals surface area contributed by atoms with Crippen LogP contribution in [0.15, 0.2) is 53.0 Å². The fourth-order valence-corrected chi connectivity index (χ4v) is 3.83. The van der Waals surface area contributed by atoms with Crippen molar-refractivity contribution >= 4 is 37.4 Å². The van der Waals surface area contributed by atoms with E-state index in [-0.39, 0.29) is 5.75 Å².